The molecule has 1 aromatic carbocycles. The van der Waals surface area contributed by atoms with Crippen LogP contribution in [0.4, 0.5) is 15.0 Å². The number of rotatable bonds is 5. The van der Waals surface area contributed by atoms with Crippen LogP contribution in [0.1, 0.15) is 20.8 Å². The quantitative estimate of drug-likeness (QED) is 0.355. The van der Waals surface area contributed by atoms with Gasteiger partial charge in [0.2, 0.25) is 0 Å². The molecule has 4 heterocycles. The molecular weight excluding hydrogens is 477 g/mol. The molecule has 0 fully saturated rings. The number of benzene rings is 1. The number of carbonyl (C=O) groups excluding carboxylic acids is 1. The zero-order valence-electron chi connectivity index (χ0n) is 20.6. The Morgan fingerprint density at radius 2 is 1.81 bits per heavy atom. The number of imidazole rings is 1. The number of anilines is 1. The number of carbonyl (C=O) groups is 1. The summed E-state index contributed by atoms with van der Waals surface area (Å²) in [4.78, 5) is 25.3. The third kappa shape index (κ3) is 4.96. The van der Waals surface area contributed by atoms with Crippen LogP contribution in [0.2, 0.25) is 0 Å². The van der Waals surface area contributed by atoms with E-state index in [9.17, 15) is 9.18 Å². The molecule has 0 bridgehead atoms. The second-order valence-corrected chi connectivity index (χ2v) is 9.16. The Labute approximate surface area is 211 Å². The highest BCUT2D eigenvalue weighted by Crippen LogP contribution is 2.27. The molecule has 11 heteroatoms. The third-order valence-corrected chi connectivity index (χ3v) is 5.38. The van der Waals surface area contributed by atoms with E-state index < -0.39 is 17.5 Å². The summed E-state index contributed by atoms with van der Waals surface area (Å²) in [5.74, 6) is 0.585. The van der Waals surface area contributed by atoms with E-state index >= 15 is 0 Å². The molecule has 0 aliphatic heterocycles. The van der Waals surface area contributed by atoms with E-state index in [0.29, 0.717) is 17.3 Å². The second-order valence-electron chi connectivity index (χ2n) is 9.16. The highest BCUT2D eigenvalue weighted by molar-refractivity contribution is 5.84. The molecule has 0 saturated heterocycles. The van der Waals surface area contributed by atoms with Crippen molar-refractivity contribution in [2.75, 3.05) is 12.4 Å². The number of nitrogens with one attached hydrogen (secondary N) is 1. The van der Waals surface area contributed by atoms with Crippen LogP contribution >= 0.6 is 0 Å². The summed E-state index contributed by atoms with van der Waals surface area (Å²) in [6, 6.07) is 11.8. The highest BCUT2D eigenvalue weighted by Gasteiger charge is 2.17. The van der Waals surface area contributed by atoms with Gasteiger partial charge in [-0.15, -0.1) is 0 Å². The van der Waals surface area contributed by atoms with Gasteiger partial charge in [0, 0.05) is 29.6 Å². The molecule has 188 valence electrons. The lowest BCUT2D eigenvalue weighted by Gasteiger charge is -2.19. The van der Waals surface area contributed by atoms with Gasteiger partial charge in [-0.05, 0) is 57.2 Å². The van der Waals surface area contributed by atoms with Gasteiger partial charge in [-0.1, -0.05) is 0 Å². The molecule has 5 rings (SSSR count). The normalized spacial score (nSPS) is 11.5. The van der Waals surface area contributed by atoms with Crippen molar-refractivity contribution in [1.29, 1.82) is 0 Å². The first-order valence-corrected chi connectivity index (χ1v) is 11.4. The van der Waals surface area contributed by atoms with Crippen molar-refractivity contribution in [2.45, 2.75) is 26.4 Å². The first-order valence-electron chi connectivity index (χ1n) is 11.4. The van der Waals surface area contributed by atoms with E-state index in [2.05, 4.69) is 25.4 Å². The van der Waals surface area contributed by atoms with Gasteiger partial charge in [-0.3, -0.25) is 9.72 Å². The summed E-state index contributed by atoms with van der Waals surface area (Å²) in [7, 11) is 1.41. The van der Waals surface area contributed by atoms with Gasteiger partial charge >= 0.3 is 6.09 Å². The number of amides is 1. The topological polar surface area (TPSA) is 108 Å². The molecule has 1 N–H and O–H groups in total. The lowest BCUT2D eigenvalue weighted by Crippen LogP contribution is -2.27. The van der Waals surface area contributed by atoms with E-state index in [-0.39, 0.29) is 5.75 Å². The van der Waals surface area contributed by atoms with Crippen molar-refractivity contribution in [3.8, 4) is 34.1 Å². The molecule has 0 radical (unpaired) electrons. The summed E-state index contributed by atoms with van der Waals surface area (Å²) in [6.07, 6.45) is 6.15. The smallest absolute Gasteiger partial charge is 0.413 e. The predicted octanol–water partition coefficient (Wildman–Crippen LogP) is 5.14. The summed E-state index contributed by atoms with van der Waals surface area (Å²) >= 11 is 0. The van der Waals surface area contributed by atoms with Crippen molar-refractivity contribution in [3.05, 3.63) is 73.2 Å². The fourth-order valence-electron chi connectivity index (χ4n) is 3.76. The maximum atomic E-state index is 13.9. The van der Waals surface area contributed by atoms with Gasteiger partial charge in [0.1, 0.15) is 23.4 Å². The number of nitrogens with zero attached hydrogens (tertiary/aromatic N) is 6. The van der Waals surface area contributed by atoms with Crippen LogP contribution in [0.5, 0.6) is 5.75 Å². The number of fused-ring (bicyclic) bond motifs is 1. The Bertz CT molecular complexity index is 1590. The molecule has 5 aromatic rings. The summed E-state index contributed by atoms with van der Waals surface area (Å²) < 4.78 is 27.8. The number of ether oxygens (including phenoxy) is 2. The Morgan fingerprint density at radius 1 is 1.00 bits per heavy atom. The van der Waals surface area contributed by atoms with E-state index in [1.807, 2.05) is 28.8 Å². The monoisotopic (exact) mass is 501 g/mol. The van der Waals surface area contributed by atoms with Gasteiger partial charge in [-0.2, -0.15) is 5.10 Å². The van der Waals surface area contributed by atoms with E-state index in [0.717, 1.165) is 22.5 Å². The molecule has 0 aliphatic carbocycles. The van der Waals surface area contributed by atoms with Crippen molar-refractivity contribution in [1.82, 2.24) is 29.1 Å². The Balaban J connectivity index is 1.46. The summed E-state index contributed by atoms with van der Waals surface area (Å²) in [5, 5.41) is 6.94. The Hall–Kier alpha value is -4.80. The zero-order valence-corrected chi connectivity index (χ0v) is 20.6. The van der Waals surface area contributed by atoms with Crippen LogP contribution in [0.25, 0.3) is 34.0 Å². The molecule has 37 heavy (non-hydrogen) atoms. The van der Waals surface area contributed by atoms with Crippen molar-refractivity contribution in [3.63, 3.8) is 0 Å². The first kappa shape index (κ1) is 23.9. The second kappa shape index (κ2) is 9.34. The Kier molecular flexibility index (Phi) is 6.04. The standard InChI is InChI=1S/C26H24FN7O3/c1-26(2,3)37-25(35)32-22-9-5-16(12-28-22)20-13-29-23-10-6-17(14-33(20)23)24-30-15-31-34(24)18-7-8-19(27)21(11-18)36-4/h5-15H,1-4H3,(H,28,32,35). The molecule has 0 aliphatic rings. The maximum Gasteiger partial charge on any atom is 0.413 e. The van der Waals surface area contributed by atoms with Crippen LogP contribution in [0.3, 0.4) is 0 Å². The lowest BCUT2D eigenvalue weighted by atomic mass is 10.2. The number of pyridine rings is 2. The van der Waals surface area contributed by atoms with Crippen molar-refractivity contribution >= 4 is 17.6 Å². The van der Waals surface area contributed by atoms with Gasteiger partial charge in [0.05, 0.1) is 24.7 Å². The van der Waals surface area contributed by atoms with Gasteiger partial charge in [0.25, 0.3) is 0 Å². The maximum absolute atomic E-state index is 13.9. The number of methoxy groups -OCH3 is 1. The fourth-order valence-corrected chi connectivity index (χ4v) is 3.76. The van der Waals surface area contributed by atoms with E-state index in [4.69, 9.17) is 9.47 Å². The zero-order chi connectivity index (χ0) is 26.2. The van der Waals surface area contributed by atoms with Gasteiger partial charge in [-0.25, -0.2) is 28.8 Å². The minimum atomic E-state index is -0.606. The third-order valence-electron chi connectivity index (χ3n) is 5.38. The lowest BCUT2D eigenvalue weighted by molar-refractivity contribution is 0.0635. The van der Waals surface area contributed by atoms with Crippen LogP contribution < -0.4 is 10.1 Å². The van der Waals surface area contributed by atoms with E-state index in [1.165, 1.54) is 19.5 Å². The molecule has 0 saturated carbocycles. The molecular formula is C26H24FN7O3. The van der Waals surface area contributed by atoms with Crippen LogP contribution in [-0.4, -0.2) is 47.9 Å². The molecule has 10 nitrogen and oxygen atoms in total. The largest absolute Gasteiger partial charge is 0.494 e. The number of halogens is 1. The number of hydrogen-bond acceptors (Lipinski definition) is 7. The summed E-state index contributed by atoms with van der Waals surface area (Å²) in [6.45, 7) is 5.38. The van der Waals surface area contributed by atoms with E-state index in [1.54, 1.807) is 56.0 Å². The van der Waals surface area contributed by atoms with Crippen LogP contribution in [0, 0.1) is 5.82 Å². The first-order chi connectivity index (χ1) is 17.7. The average Bonchev–Trinajstić information content (AvgIpc) is 3.51. The van der Waals surface area contributed by atoms with Crippen molar-refractivity contribution < 1.29 is 18.7 Å². The predicted molar refractivity (Wildman–Crippen MR) is 135 cm³/mol. The molecule has 0 atom stereocenters. The number of hydrogen-bond donors (Lipinski definition) is 1. The average molecular weight is 502 g/mol. The van der Waals surface area contributed by atoms with Gasteiger partial charge < -0.3 is 9.47 Å². The molecule has 0 unspecified atom stereocenters. The van der Waals surface area contributed by atoms with Crippen LogP contribution in [-0.2, 0) is 4.74 Å². The SMILES string of the molecule is COc1cc(-n2ncnc2-c2ccc3ncc(-c4ccc(NC(=O)OC(C)(C)C)nc4)n3c2)ccc1F. The minimum absolute atomic E-state index is 0.114. The van der Waals surface area contributed by atoms with Crippen LogP contribution in [0.15, 0.2) is 67.4 Å². The summed E-state index contributed by atoms with van der Waals surface area (Å²) in [5.41, 5.74) is 3.08. The number of aromatic nitrogens is 6. The van der Waals surface area contributed by atoms with Crippen molar-refractivity contribution in [2.24, 2.45) is 0 Å². The molecule has 4 aromatic heterocycles. The minimum Gasteiger partial charge on any atom is -0.494 e. The van der Waals surface area contributed by atoms with Gasteiger partial charge in [0.15, 0.2) is 17.4 Å². The molecule has 0 spiro atoms. The Morgan fingerprint density at radius 3 is 2.54 bits per heavy atom. The molecule has 1 amide bonds. The fraction of sp³-hybridized carbons (Fsp3) is 0.192. The highest BCUT2D eigenvalue weighted by atomic mass is 19.1.